The van der Waals surface area contributed by atoms with E-state index in [0.29, 0.717) is 0 Å². The SMILES string of the molecule is C=C/C=C\C(=C/C=C)S(=O)(=O)C(F)F.CC.CC. The minimum Gasteiger partial charge on any atom is -0.218 e. The third-order valence-electron chi connectivity index (χ3n) is 1.24. The Kier molecular flexibility index (Phi) is 16.9. The average molecular weight is 280 g/mol. The van der Waals surface area contributed by atoms with Gasteiger partial charge in [0.15, 0.2) is 0 Å². The fraction of sp³-hybridized carbons (Fsp3) is 0.385. The Labute approximate surface area is 109 Å². The van der Waals surface area contributed by atoms with Gasteiger partial charge < -0.3 is 0 Å². The molecule has 0 aromatic carbocycles. The van der Waals surface area contributed by atoms with Gasteiger partial charge in [0.05, 0.1) is 4.91 Å². The van der Waals surface area contributed by atoms with Crippen molar-refractivity contribution < 1.29 is 17.2 Å². The summed E-state index contributed by atoms with van der Waals surface area (Å²) in [5.41, 5.74) is 0. The van der Waals surface area contributed by atoms with Crippen LogP contribution in [0.1, 0.15) is 27.7 Å². The molecule has 0 aromatic rings. The predicted molar refractivity (Wildman–Crippen MR) is 75.2 cm³/mol. The van der Waals surface area contributed by atoms with Crippen molar-refractivity contribution in [1.29, 1.82) is 0 Å². The molecule has 0 aromatic heterocycles. The molecule has 0 unspecified atom stereocenters. The predicted octanol–water partition coefficient (Wildman–Crippen LogP) is 4.49. The molecule has 0 rings (SSSR count). The van der Waals surface area contributed by atoms with Crippen LogP contribution in [0.4, 0.5) is 8.78 Å². The van der Waals surface area contributed by atoms with Gasteiger partial charge in [0.25, 0.3) is 0 Å². The van der Waals surface area contributed by atoms with Crippen LogP contribution in [0.15, 0.2) is 48.4 Å². The molecule has 0 saturated heterocycles. The van der Waals surface area contributed by atoms with Crippen molar-refractivity contribution in [3.05, 3.63) is 48.4 Å². The van der Waals surface area contributed by atoms with E-state index in [4.69, 9.17) is 0 Å². The highest BCUT2D eigenvalue weighted by atomic mass is 32.2. The summed E-state index contributed by atoms with van der Waals surface area (Å²) >= 11 is 0. The molecule has 0 N–H and O–H groups in total. The van der Waals surface area contributed by atoms with Crippen molar-refractivity contribution in [3.63, 3.8) is 0 Å². The molecule has 0 amide bonds. The van der Waals surface area contributed by atoms with Crippen molar-refractivity contribution in [1.82, 2.24) is 0 Å². The van der Waals surface area contributed by atoms with Gasteiger partial charge in [0.1, 0.15) is 0 Å². The van der Waals surface area contributed by atoms with Crippen LogP contribution in [-0.4, -0.2) is 14.2 Å². The fourth-order valence-electron chi connectivity index (χ4n) is 0.627. The van der Waals surface area contributed by atoms with Crippen LogP contribution in [0.2, 0.25) is 0 Å². The van der Waals surface area contributed by atoms with E-state index >= 15 is 0 Å². The Balaban J connectivity index is -0.000000506. The highest BCUT2D eigenvalue weighted by molar-refractivity contribution is 7.95. The first-order valence-corrected chi connectivity index (χ1v) is 7.15. The standard InChI is InChI=1S/C9H10F2O2S.2C2H6/c1-3-5-7-8(6-4-2)14(12,13)9(10)11;2*1-2/h3-7,9H,1-2H2;2*1-2H3/b7-5-,8-6+;;. The highest BCUT2D eigenvalue weighted by Crippen LogP contribution is 2.17. The summed E-state index contributed by atoms with van der Waals surface area (Å²) in [5, 5.41) is 0. The van der Waals surface area contributed by atoms with Crippen molar-refractivity contribution in [2.45, 2.75) is 33.5 Å². The molecular formula is C13H22F2O2S. The third kappa shape index (κ3) is 8.87. The second kappa shape index (κ2) is 13.8. The molecule has 0 aliphatic rings. The maximum atomic E-state index is 12.1. The molecule has 0 aliphatic heterocycles. The molecule has 0 radical (unpaired) electrons. The maximum absolute atomic E-state index is 12.1. The number of halogens is 2. The molecule has 106 valence electrons. The molecule has 0 spiro atoms. The lowest BCUT2D eigenvalue weighted by Gasteiger charge is -2.01. The number of hydrogen-bond acceptors (Lipinski definition) is 2. The van der Waals surface area contributed by atoms with Crippen LogP contribution >= 0.6 is 0 Å². The van der Waals surface area contributed by atoms with Crippen LogP contribution in [0.5, 0.6) is 0 Å². The smallest absolute Gasteiger partial charge is 0.218 e. The molecule has 0 bridgehead atoms. The van der Waals surface area contributed by atoms with Crippen LogP contribution in [0, 0.1) is 0 Å². The van der Waals surface area contributed by atoms with Crippen LogP contribution < -0.4 is 0 Å². The lowest BCUT2D eigenvalue weighted by atomic mass is 10.4. The second-order valence-corrected chi connectivity index (χ2v) is 4.12. The van der Waals surface area contributed by atoms with E-state index in [0.717, 1.165) is 18.2 Å². The zero-order valence-corrected chi connectivity index (χ0v) is 12.2. The largest absolute Gasteiger partial charge is 0.341 e. The van der Waals surface area contributed by atoms with E-state index in [1.165, 1.54) is 12.2 Å². The van der Waals surface area contributed by atoms with E-state index in [2.05, 4.69) is 13.2 Å². The quantitative estimate of drug-likeness (QED) is 0.695. The van der Waals surface area contributed by atoms with Gasteiger partial charge >= 0.3 is 5.76 Å². The monoisotopic (exact) mass is 280 g/mol. The van der Waals surface area contributed by atoms with Gasteiger partial charge in [0.2, 0.25) is 9.84 Å². The zero-order chi connectivity index (χ0) is 15.2. The Morgan fingerprint density at radius 3 is 1.78 bits per heavy atom. The summed E-state index contributed by atoms with van der Waals surface area (Å²) in [5.74, 6) is -3.43. The van der Waals surface area contributed by atoms with Crippen molar-refractivity contribution in [2.75, 3.05) is 0 Å². The van der Waals surface area contributed by atoms with Gasteiger partial charge in [-0.15, -0.1) is 0 Å². The van der Waals surface area contributed by atoms with E-state index in [1.807, 2.05) is 27.7 Å². The number of alkyl halides is 2. The first-order valence-electron chi connectivity index (χ1n) is 5.60. The minimum atomic E-state index is -4.55. The van der Waals surface area contributed by atoms with Gasteiger partial charge in [-0.05, 0) is 12.2 Å². The first-order chi connectivity index (χ1) is 8.46. The molecule has 0 saturated carbocycles. The second-order valence-electron chi connectivity index (χ2n) is 2.21. The normalized spacial score (nSPS) is 11.2. The van der Waals surface area contributed by atoms with Crippen molar-refractivity contribution in [2.24, 2.45) is 0 Å². The Morgan fingerprint density at radius 1 is 1.06 bits per heavy atom. The average Bonchev–Trinajstić information content (AvgIpc) is 2.38. The Morgan fingerprint density at radius 2 is 1.50 bits per heavy atom. The molecule has 0 aliphatic carbocycles. The summed E-state index contributed by atoms with van der Waals surface area (Å²) in [4.78, 5) is -0.484. The van der Waals surface area contributed by atoms with Crippen molar-refractivity contribution >= 4 is 9.84 Å². The van der Waals surface area contributed by atoms with Gasteiger partial charge in [-0.25, -0.2) is 8.42 Å². The lowest BCUT2D eigenvalue weighted by Crippen LogP contribution is -2.12. The summed E-state index contributed by atoms with van der Waals surface area (Å²) in [7, 11) is -4.55. The highest BCUT2D eigenvalue weighted by Gasteiger charge is 2.26. The molecule has 5 heteroatoms. The van der Waals surface area contributed by atoms with Crippen LogP contribution in [0.25, 0.3) is 0 Å². The third-order valence-corrected chi connectivity index (χ3v) is 2.64. The van der Waals surface area contributed by atoms with Gasteiger partial charge in [-0.1, -0.05) is 59.1 Å². The Hall–Kier alpha value is -1.23. The van der Waals surface area contributed by atoms with E-state index in [1.54, 1.807) is 0 Å². The zero-order valence-electron chi connectivity index (χ0n) is 11.4. The topological polar surface area (TPSA) is 34.1 Å². The number of allylic oxidation sites excluding steroid dienone is 5. The molecule has 18 heavy (non-hydrogen) atoms. The maximum Gasteiger partial charge on any atom is 0.341 e. The van der Waals surface area contributed by atoms with Crippen LogP contribution in [-0.2, 0) is 9.84 Å². The van der Waals surface area contributed by atoms with E-state index < -0.39 is 20.5 Å². The summed E-state index contributed by atoms with van der Waals surface area (Å²) < 4.78 is 46.1. The molecule has 0 fully saturated rings. The van der Waals surface area contributed by atoms with Gasteiger partial charge in [-0.3, -0.25) is 0 Å². The number of hydrogen-bond donors (Lipinski definition) is 0. The van der Waals surface area contributed by atoms with Gasteiger partial charge in [-0.2, -0.15) is 8.78 Å². The van der Waals surface area contributed by atoms with E-state index in [9.17, 15) is 17.2 Å². The number of rotatable bonds is 5. The molecule has 2 nitrogen and oxygen atoms in total. The van der Waals surface area contributed by atoms with Crippen LogP contribution in [0.3, 0.4) is 0 Å². The van der Waals surface area contributed by atoms with Gasteiger partial charge in [0, 0.05) is 0 Å². The number of sulfone groups is 1. The lowest BCUT2D eigenvalue weighted by molar-refractivity contribution is 0.236. The summed E-state index contributed by atoms with van der Waals surface area (Å²) in [6, 6.07) is 0. The molecular weight excluding hydrogens is 258 g/mol. The van der Waals surface area contributed by atoms with E-state index in [-0.39, 0.29) is 0 Å². The molecule has 0 heterocycles. The fourth-order valence-corrected chi connectivity index (χ4v) is 1.39. The summed E-state index contributed by atoms with van der Waals surface area (Å²) in [6.45, 7) is 14.5. The first kappa shape index (κ1) is 22.0. The van der Waals surface area contributed by atoms with Crippen molar-refractivity contribution in [3.8, 4) is 0 Å². The Bertz CT molecular complexity index is 366. The summed E-state index contributed by atoms with van der Waals surface area (Å²) in [6.07, 6.45) is 5.72. The minimum absolute atomic E-state index is 0.484. The molecule has 0 atom stereocenters.